The standard InChI is InChI=1S/C15H20N4O/c1-3-13-12(9-11(2)18-19-13)14(20)17-15(10-16)7-5-4-6-8-15/h9H,3-8H2,1-2H3,(H,17,20). The summed E-state index contributed by atoms with van der Waals surface area (Å²) in [6, 6.07) is 4.05. The molecule has 1 saturated carbocycles. The van der Waals surface area contributed by atoms with E-state index >= 15 is 0 Å². The first-order valence-electron chi connectivity index (χ1n) is 7.17. The maximum Gasteiger partial charge on any atom is 0.254 e. The highest BCUT2D eigenvalue weighted by Gasteiger charge is 2.34. The molecule has 1 heterocycles. The molecular weight excluding hydrogens is 252 g/mol. The van der Waals surface area contributed by atoms with E-state index in [0.717, 1.165) is 32.1 Å². The molecule has 1 aromatic rings. The maximum absolute atomic E-state index is 12.5. The van der Waals surface area contributed by atoms with Crippen molar-refractivity contribution in [3.8, 4) is 6.07 Å². The van der Waals surface area contributed by atoms with Gasteiger partial charge in [0.15, 0.2) is 0 Å². The first-order chi connectivity index (χ1) is 9.60. The van der Waals surface area contributed by atoms with Gasteiger partial charge in [0, 0.05) is 0 Å². The lowest BCUT2D eigenvalue weighted by atomic mass is 9.82. The van der Waals surface area contributed by atoms with Crippen molar-refractivity contribution in [2.75, 3.05) is 0 Å². The Morgan fingerprint density at radius 1 is 1.40 bits per heavy atom. The predicted octanol–water partition coefficient (Wildman–Crippen LogP) is 2.30. The van der Waals surface area contributed by atoms with Crippen molar-refractivity contribution in [1.29, 1.82) is 5.26 Å². The number of carbonyl (C=O) groups is 1. The minimum Gasteiger partial charge on any atom is -0.334 e. The fraction of sp³-hybridized carbons (Fsp3) is 0.600. The monoisotopic (exact) mass is 272 g/mol. The summed E-state index contributed by atoms with van der Waals surface area (Å²) in [6.07, 6.45) is 5.22. The molecular formula is C15H20N4O. The van der Waals surface area contributed by atoms with E-state index in [4.69, 9.17) is 0 Å². The molecule has 1 aliphatic rings. The van der Waals surface area contributed by atoms with Crippen LogP contribution in [0.1, 0.15) is 60.8 Å². The van der Waals surface area contributed by atoms with E-state index in [1.807, 2.05) is 13.8 Å². The van der Waals surface area contributed by atoms with E-state index in [2.05, 4.69) is 21.6 Å². The molecule has 0 aliphatic heterocycles. The molecule has 1 fully saturated rings. The topological polar surface area (TPSA) is 78.7 Å². The Bertz CT molecular complexity index is 541. The van der Waals surface area contributed by atoms with Crippen molar-refractivity contribution in [2.24, 2.45) is 0 Å². The molecule has 1 aliphatic carbocycles. The highest BCUT2D eigenvalue weighted by molar-refractivity contribution is 5.96. The summed E-state index contributed by atoms with van der Waals surface area (Å²) in [7, 11) is 0. The summed E-state index contributed by atoms with van der Waals surface area (Å²) < 4.78 is 0. The number of aryl methyl sites for hydroxylation is 2. The fourth-order valence-electron chi connectivity index (χ4n) is 2.68. The van der Waals surface area contributed by atoms with Crippen molar-refractivity contribution in [1.82, 2.24) is 15.5 Å². The van der Waals surface area contributed by atoms with Crippen molar-refractivity contribution in [3.63, 3.8) is 0 Å². The molecule has 0 saturated heterocycles. The third kappa shape index (κ3) is 2.96. The second-order valence-corrected chi connectivity index (χ2v) is 5.41. The molecule has 5 heteroatoms. The number of nitrogens with zero attached hydrogens (tertiary/aromatic N) is 3. The third-order valence-electron chi connectivity index (χ3n) is 3.85. The lowest BCUT2D eigenvalue weighted by Gasteiger charge is -2.31. The maximum atomic E-state index is 12.5. The van der Waals surface area contributed by atoms with Gasteiger partial charge in [0.05, 0.1) is 23.0 Å². The van der Waals surface area contributed by atoms with Crippen LogP contribution in [0.5, 0.6) is 0 Å². The number of hydrogen-bond acceptors (Lipinski definition) is 4. The largest absolute Gasteiger partial charge is 0.334 e. The highest BCUT2D eigenvalue weighted by atomic mass is 16.1. The van der Waals surface area contributed by atoms with Gasteiger partial charge in [-0.1, -0.05) is 26.2 Å². The smallest absolute Gasteiger partial charge is 0.254 e. The van der Waals surface area contributed by atoms with Crippen molar-refractivity contribution >= 4 is 5.91 Å². The third-order valence-corrected chi connectivity index (χ3v) is 3.85. The number of nitriles is 1. The van der Waals surface area contributed by atoms with Crippen LogP contribution in [0.25, 0.3) is 0 Å². The molecule has 0 radical (unpaired) electrons. The highest BCUT2D eigenvalue weighted by Crippen LogP contribution is 2.28. The van der Waals surface area contributed by atoms with Crippen molar-refractivity contribution in [3.05, 3.63) is 23.0 Å². The molecule has 0 atom stereocenters. The van der Waals surface area contributed by atoms with Gasteiger partial charge >= 0.3 is 0 Å². The average Bonchev–Trinajstić information content (AvgIpc) is 2.48. The van der Waals surface area contributed by atoms with Crippen LogP contribution in [0.3, 0.4) is 0 Å². The number of carbonyl (C=O) groups excluding carboxylic acids is 1. The Morgan fingerprint density at radius 2 is 2.10 bits per heavy atom. The minimum atomic E-state index is -0.711. The molecule has 2 rings (SSSR count). The zero-order valence-corrected chi connectivity index (χ0v) is 12.1. The summed E-state index contributed by atoms with van der Waals surface area (Å²) in [5.41, 5.74) is 1.22. The number of hydrogen-bond donors (Lipinski definition) is 1. The van der Waals surface area contributed by atoms with Gasteiger partial charge in [0.1, 0.15) is 5.54 Å². The molecule has 1 amide bonds. The van der Waals surface area contributed by atoms with Gasteiger partial charge in [0.25, 0.3) is 5.91 Å². The van der Waals surface area contributed by atoms with Crippen LogP contribution in [0, 0.1) is 18.3 Å². The van der Waals surface area contributed by atoms with Crippen LogP contribution < -0.4 is 5.32 Å². The van der Waals surface area contributed by atoms with Gasteiger partial charge in [-0.2, -0.15) is 15.5 Å². The van der Waals surface area contributed by atoms with Gasteiger partial charge in [-0.15, -0.1) is 0 Å². The fourth-order valence-corrected chi connectivity index (χ4v) is 2.68. The normalized spacial score (nSPS) is 17.2. The molecule has 1 N–H and O–H groups in total. The van der Waals surface area contributed by atoms with E-state index in [1.165, 1.54) is 0 Å². The Kier molecular flexibility index (Phi) is 4.33. The second-order valence-electron chi connectivity index (χ2n) is 5.41. The molecule has 5 nitrogen and oxygen atoms in total. The predicted molar refractivity (Wildman–Crippen MR) is 75.0 cm³/mol. The molecule has 1 aromatic heterocycles. The lowest BCUT2D eigenvalue weighted by Crippen LogP contribution is -2.48. The second kappa shape index (κ2) is 6.00. The van der Waals surface area contributed by atoms with Crippen molar-refractivity contribution < 1.29 is 4.79 Å². The summed E-state index contributed by atoms with van der Waals surface area (Å²) in [4.78, 5) is 12.5. The summed E-state index contributed by atoms with van der Waals surface area (Å²) >= 11 is 0. The number of aromatic nitrogens is 2. The molecule has 0 bridgehead atoms. The molecule has 106 valence electrons. The Balaban J connectivity index is 2.23. The average molecular weight is 272 g/mol. The van der Waals surface area contributed by atoms with Gasteiger partial charge in [0.2, 0.25) is 0 Å². The van der Waals surface area contributed by atoms with Gasteiger partial charge in [-0.3, -0.25) is 4.79 Å². The molecule has 20 heavy (non-hydrogen) atoms. The summed E-state index contributed by atoms with van der Waals surface area (Å²) in [5, 5.41) is 20.4. The van der Waals surface area contributed by atoms with E-state index in [9.17, 15) is 10.1 Å². The van der Waals surface area contributed by atoms with E-state index in [1.54, 1.807) is 6.07 Å². The van der Waals surface area contributed by atoms with Crippen LogP contribution in [-0.4, -0.2) is 21.6 Å². The molecule has 0 aromatic carbocycles. The van der Waals surface area contributed by atoms with Gasteiger partial charge in [-0.05, 0) is 32.3 Å². The van der Waals surface area contributed by atoms with Gasteiger partial charge < -0.3 is 5.32 Å². The van der Waals surface area contributed by atoms with Crippen LogP contribution in [-0.2, 0) is 6.42 Å². The van der Waals surface area contributed by atoms with Gasteiger partial charge in [-0.25, -0.2) is 0 Å². The first-order valence-corrected chi connectivity index (χ1v) is 7.17. The number of rotatable bonds is 3. The van der Waals surface area contributed by atoms with Crippen LogP contribution in [0.4, 0.5) is 0 Å². The SMILES string of the molecule is CCc1nnc(C)cc1C(=O)NC1(C#N)CCCCC1. The quantitative estimate of drug-likeness (QED) is 0.915. The number of amides is 1. The summed E-state index contributed by atoms with van der Waals surface area (Å²) in [5.74, 6) is -0.205. The summed E-state index contributed by atoms with van der Waals surface area (Å²) in [6.45, 7) is 3.75. The Hall–Kier alpha value is -1.96. The molecule has 0 unspecified atom stereocenters. The van der Waals surface area contributed by atoms with Crippen LogP contribution in [0.15, 0.2) is 6.07 Å². The number of nitrogens with one attached hydrogen (secondary N) is 1. The first kappa shape index (κ1) is 14.4. The Labute approximate surface area is 119 Å². The van der Waals surface area contributed by atoms with E-state index < -0.39 is 5.54 Å². The van der Waals surface area contributed by atoms with Crippen LogP contribution in [0.2, 0.25) is 0 Å². The van der Waals surface area contributed by atoms with E-state index in [-0.39, 0.29) is 5.91 Å². The minimum absolute atomic E-state index is 0.205. The molecule has 0 spiro atoms. The zero-order valence-electron chi connectivity index (χ0n) is 12.1. The van der Waals surface area contributed by atoms with Crippen LogP contribution >= 0.6 is 0 Å². The zero-order chi connectivity index (χ0) is 14.6. The lowest BCUT2D eigenvalue weighted by molar-refractivity contribution is 0.0901. The van der Waals surface area contributed by atoms with E-state index in [0.29, 0.717) is 23.4 Å². The Morgan fingerprint density at radius 3 is 2.70 bits per heavy atom. The van der Waals surface area contributed by atoms with Crippen molar-refractivity contribution in [2.45, 2.75) is 57.9 Å².